The summed E-state index contributed by atoms with van der Waals surface area (Å²) in [6.45, 7) is 0. The lowest BCUT2D eigenvalue weighted by Crippen LogP contribution is -2.26. The van der Waals surface area contributed by atoms with E-state index in [4.69, 9.17) is 10.4 Å². The number of hydrogen-bond acceptors (Lipinski definition) is 4. The number of nitrogens with zero attached hydrogens (tertiary/aromatic N) is 2. The van der Waals surface area contributed by atoms with Gasteiger partial charge >= 0.3 is 0 Å². The van der Waals surface area contributed by atoms with Gasteiger partial charge in [-0.1, -0.05) is 10.3 Å². The molecule has 4 heteroatoms. The maximum Gasteiger partial charge on any atom is 0.0614 e. The fourth-order valence-electron chi connectivity index (χ4n) is 5.14. The highest BCUT2D eigenvalue weighted by Crippen LogP contribution is 2.68. The molecule has 0 aromatic rings. The van der Waals surface area contributed by atoms with Crippen LogP contribution < -0.4 is 0 Å². The van der Waals surface area contributed by atoms with Crippen LogP contribution in [0.2, 0.25) is 0 Å². The van der Waals surface area contributed by atoms with Gasteiger partial charge in [0.2, 0.25) is 0 Å². The highest BCUT2D eigenvalue weighted by molar-refractivity contribution is 6.00. The van der Waals surface area contributed by atoms with Crippen LogP contribution in [-0.2, 0) is 0 Å². The van der Waals surface area contributed by atoms with E-state index in [1.165, 1.54) is 6.42 Å². The quantitative estimate of drug-likeness (QED) is 0.466. The summed E-state index contributed by atoms with van der Waals surface area (Å²) in [5.74, 6) is 3.65. The maximum atomic E-state index is 9.02. The summed E-state index contributed by atoms with van der Waals surface area (Å²) in [7, 11) is 0. The summed E-state index contributed by atoms with van der Waals surface area (Å²) in [5, 5.41) is 25.0. The van der Waals surface area contributed by atoms with Gasteiger partial charge in [0.25, 0.3) is 0 Å². The average Bonchev–Trinajstić information content (AvgIpc) is 2.83. The molecule has 2 N–H and O–H groups in total. The first-order valence-electron chi connectivity index (χ1n) is 5.76. The van der Waals surface area contributed by atoms with Gasteiger partial charge in [-0.15, -0.1) is 0 Å². The number of hydrogen-bond donors (Lipinski definition) is 2. The van der Waals surface area contributed by atoms with Gasteiger partial charge in [0.05, 0.1) is 11.4 Å². The van der Waals surface area contributed by atoms with E-state index in [9.17, 15) is 0 Å². The second-order valence-electron chi connectivity index (χ2n) is 5.53. The van der Waals surface area contributed by atoms with Crippen molar-refractivity contribution < 1.29 is 10.4 Å². The molecule has 0 heterocycles. The molecule has 4 fully saturated rings. The van der Waals surface area contributed by atoms with Gasteiger partial charge in [-0.2, -0.15) is 0 Å². The third-order valence-corrected chi connectivity index (χ3v) is 5.42. The van der Waals surface area contributed by atoms with Crippen LogP contribution in [-0.4, -0.2) is 21.8 Å². The Morgan fingerprint density at radius 1 is 0.800 bits per heavy atom. The molecule has 4 aliphatic rings. The van der Waals surface area contributed by atoms with Crippen LogP contribution in [0.15, 0.2) is 10.3 Å². The van der Waals surface area contributed by atoms with Crippen LogP contribution in [0.1, 0.15) is 19.3 Å². The van der Waals surface area contributed by atoms with E-state index in [1.807, 2.05) is 0 Å². The molecule has 4 nitrogen and oxygen atoms in total. The van der Waals surface area contributed by atoms with Crippen LogP contribution in [0.3, 0.4) is 0 Å². The largest absolute Gasteiger partial charge is 0.411 e. The summed E-state index contributed by atoms with van der Waals surface area (Å²) in [6, 6.07) is 0. The van der Waals surface area contributed by atoms with Gasteiger partial charge in [-0.3, -0.25) is 0 Å². The van der Waals surface area contributed by atoms with E-state index in [0.717, 1.165) is 36.1 Å². The Labute approximate surface area is 87.7 Å². The van der Waals surface area contributed by atoms with Crippen LogP contribution in [0.4, 0.5) is 0 Å². The van der Waals surface area contributed by atoms with E-state index >= 15 is 0 Å². The molecule has 0 saturated heterocycles. The highest BCUT2D eigenvalue weighted by Gasteiger charge is 2.67. The van der Waals surface area contributed by atoms with E-state index < -0.39 is 0 Å². The molecule has 0 amide bonds. The number of fused-ring (bicyclic) bond motifs is 2. The molecular formula is C11H14N2O2. The Balaban J connectivity index is 1.87. The fourth-order valence-corrected chi connectivity index (χ4v) is 5.14. The SMILES string of the molecule is O/N=C1/C[C@H]2[C@H]3C/C(=N\O)[C@@H]4[C@@H]3C[C@@H]2[C@@H]14. The summed E-state index contributed by atoms with van der Waals surface area (Å²) >= 11 is 0. The molecule has 0 aliphatic heterocycles. The molecule has 4 saturated carbocycles. The fraction of sp³-hybridized carbons (Fsp3) is 0.818. The third kappa shape index (κ3) is 0.703. The van der Waals surface area contributed by atoms with Crippen molar-refractivity contribution in [1.82, 2.24) is 0 Å². The average molecular weight is 206 g/mol. The van der Waals surface area contributed by atoms with Gasteiger partial charge in [-0.25, -0.2) is 0 Å². The van der Waals surface area contributed by atoms with Crippen LogP contribution in [0.5, 0.6) is 0 Å². The first-order chi connectivity index (χ1) is 7.35. The molecule has 2 bridgehead atoms. The van der Waals surface area contributed by atoms with Gasteiger partial charge in [-0.05, 0) is 42.9 Å². The standard InChI is InChI=1S/C11H14N2O2/c14-12-8-2-4-5-3-9(13-15)11-7(5)1-6(4)10(8)11/h4-7,10-11,14-15H,1-3H2/b12-8-,13-9+/t4-,5+,6-,7+,10-,11-/m0/s1. The molecule has 4 aliphatic carbocycles. The lowest BCUT2D eigenvalue weighted by Gasteiger charge is -2.24. The van der Waals surface area contributed by atoms with Crippen molar-refractivity contribution in [3.05, 3.63) is 0 Å². The zero-order chi connectivity index (χ0) is 10.2. The lowest BCUT2D eigenvalue weighted by molar-refractivity contribution is 0.240. The Morgan fingerprint density at radius 3 is 1.67 bits per heavy atom. The molecule has 6 atom stereocenters. The monoisotopic (exact) mass is 206 g/mol. The van der Waals surface area contributed by atoms with Gasteiger partial charge in [0.1, 0.15) is 0 Å². The van der Waals surface area contributed by atoms with Gasteiger partial charge in [0, 0.05) is 11.8 Å². The van der Waals surface area contributed by atoms with Crippen LogP contribution in [0.25, 0.3) is 0 Å². The van der Waals surface area contributed by atoms with Crippen molar-refractivity contribution in [2.75, 3.05) is 0 Å². The van der Waals surface area contributed by atoms with E-state index in [1.54, 1.807) is 0 Å². The number of rotatable bonds is 0. The maximum absolute atomic E-state index is 9.02. The first-order valence-corrected chi connectivity index (χ1v) is 5.76. The Kier molecular flexibility index (Phi) is 1.28. The van der Waals surface area contributed by atoms with Gasteiger partial charge < -0.3 is 10.4 Å². The van der Waals surface area contributed by atoms with Crippen molar-refractivity contribution in [3.63, 3.8) is 0 Å². The van der Waals surface area contributed by atoms with E-state index in [2.05, 4.69) is 10.3 Å². The Morgan fingerprint density at radius 2 is 1.27 bits per heavy atom. The van der Waals surface area contributed by atoms with Gasteiger partial charge in [0.15, 0.2) is 0 Å². The van der Waals surface area contributed by atoms with Crippen molar-refractivity contribution in [2.45, 2.75) is 19.3 Å². The van der Waals surface area contributed by atoms with Crippen LogP contribution >= 0.6 is 0 Å². The van der Waals surface area contributed by atoms with Crippen molar-refractivity contribution in [2.24, 2.45) is 45.8 Å². The van der Waals surface area contributed by atoms with Crippen molar-refractivity contribution in [3.8, 4) is 0 Å². The summed E-state index contributed by atoms with van der Waals surface area (Å²) in [5.41, 5.74) is 1.95. The van der Waals surface area contributed by atoms with E-state index in [-0.39, 0.29) is 0 Å². The molecule has 0 spiro atoms. The second-order valence-corrected chi connectivity index (χ2v) is 5.53. The molecule has 0 aromatic carbocycles. The Bertz CT molecular complexity index is 350. The van der Waals surface area contributed by atoms with E-state index in [0.29, 0.717) is 23.7 Å². The van der Waals surface area contributed by atoms with Crippen LogP contribution in [0, 0.1) is 35.5 Å². The topological polar surface area (TPSA) is 65.2 Å². The first kappa shape index (κ1) is 8.13. The third-order valence-electron chi connectivity index (χ3n) is 5.42. The molecule has 0 unspecified atom stereocenters. The second kappa shape index (κ2) is 2.36. The smallest absolute Gasteiger partial charge is 0.0614 e. The minimum atomic E-state index is 0.398. The summed E-state index contributed by atoms with van der Waals surface area (Å²) < 4.78 is 0. The molecule has 15 heavy (non-hydrogen) atoms. The zero-order valence-corrected chi connectivity index (χ0v) is 8.37. The summed E-state index contributed by atoms with van der Waals surface area (Å²) in [4.78, 5) is 0. The molecule has 4 rings (SSSR count). The summed E-state index contributed by atoms with van der Waals surface area (Å²) in [6.07, 6.45) is 3.24. The van der Waals surface area contributed by atoms with Crippen molar-refractivity contribution in [1.29, 1.82) is 0 Å². The minimum absolute atomic E-state index is 0.398. The molecule has 0 radical (unpaired) electrons. The molecule has 0 aromatic heterocycles. The molecule has 80 valence electrons. The molecular weight excluding hydrogens is 192 g/mol. The minimum Gasteiger partial charge on any atom is -0.411 e. The van der Waals surface area contributed by atoms with Crippen molar-refractivity contribution >= 4 is 11.4 Å². The Hall–Kier alpha value is -1.06. The predicted molar refractivity (Wildman–Crippen MR) is 53.2 cm³/mol. The normalized spacial score (nSPS) is 60.0. The lowest BCUT2D eigenvalue weighted by atomic mass is 9.79. The predicted octanol–water partition coefficient (Wildman–Crippen LogP) is 1.57. The zero-order valence-electron chi connectivity index (χ0n) is 8.37. The number of oxime groups is 2. The highest BCUT2D eigenvalue weighted by atomic mass is 16.4.